The number of nitrogens with one attached hydrogen (secondary N) is 2. The number of amides is 4. The summed E-state index contributed by atoms with van der Waals surface area (Å²) in [5.41, 5.74) is 3.67. The van der Waals surface area contributed by atoms with Crippen molar-refractivity contribution in [2.45, 2.75) is 76.2 Å². The molecule has 0 bridgehead atoms. The lowest BCUT2D eigenvalue weighted by Crippen LogP contribution is -2.54. The van der Waals surface area contributed by atoms with E-state index in [0.29, 0.717) is 23.0 Å². The number of fused-ring (bicyclic) bond motifs is 1. The summed E-state index contributed by atoms with van der Waals surface area (Å²) in [7, 11) is 0. The predicted octanol–water partition coefficient (Wildman–Crippen LogP) is 5.07. The standard InChI is InChI=1S/C38H37N5O7/c1-21(44)31-19-40-34(20-39-31)50-27-11-6-23(7-12-27)38(2,3)22-4-9-26(10-5-22)49-28-16-25(17-28)41-24-8-13-29-30(18-24)37(48)43(36(29)47)32-14-15-33(45)42-35(32)46/h4-13,18-21,25,28,32,41,44H,14-17H2,1-3H3,(H,42,45,46). The van der Waals surface area contributed by atoms with Crippen LogP contribution in [0.25, 0.3) is 0 Å². The molecule has 2 aliphatic heterocycles. The van der Waals surface area contributed by atoms with Gasteiger partial charge in [-0.2, -0.15) is 0 Å². The maximum atomic E-state index is 13.2. The van der Waals surface area contributed by atoms with Crippen LogP contribution in [0.4, 0.5) is 5.69 Å². The minimum absolute atomic E-state index is 0.0347. The quantitative estimate of drug-likeness (QED) is 0.194. The number of benzene rings is 3. The highest BCUT2D eigenvalue weighted by Crippen LogP contribution is 2.36. The number of nitrogens with zero attached hydrogens (tertiary/aromatic N) is 3. The summed E-state index contributed by atoms with van der Waals surface area (Å²) in [5.74, 6) is -0.303. The number of ether oxygens (including phenoxy) is 2. The topological polar surface area (TPSA) is 160 Å². The van der Waals surface area contributed by atoms with Gasteiger partial charge in [-0.25, -0.2) is 4.98 Å². The number of imide groups is 2. The van der Waals surface area contributed by atoms with Crippen LogP contribution in [-0.2, 0) is 15.0 Å². The maximum Gasteiger partial charge on any atom is 0.262 e. The zero-order chi connectivity index (χ0) is 35.2. The van der Waals surface area contributed by atoms with Crippen molar-refractivity contribution in [3.8, 4) is 17.4 Å². The van der Waals surface area contributed by atoms with E-state index < -0.39 is 35.8 Å². The molecule has 4 amide bonds. The molecule has 1 saturated carbocycles. The largest absolute Gasteiger partial charge is 0.490 e. The predicted molar refractivity (Wildman–Crippen MR) is 182 cm³/mol. The molecule has 2 fully saturated rings. The van der Waals surface area contributed by atoms with E-state index in [1.54, 1.807) is 25.1 Å². The van der Waals surface area contributed by atoms with Crippen molar-refractivity contribution in [2.75, 3.05) is 5.32 Å². The van der Waals surface area contributed by atoms with Gasteiger partial charge in [0.15, 0.2) is 0 Å². The van der Waals surface area contributed by atoms with Crippen molar-refractivity contribution in [1.29, 1.82) is 0 Å². The number of carbonyl (C=O) groups is 4. The Labute approximate surface area is 288 Å². The third kappa shape index (κ3) is 6.41. The SMILES string of the molecule is CC(O)c1cnc(Oc2ccc(C(C)(C)c3ccc(OC4CC(Nc5ccc6c(c5)C(=O)N(C5CCC(=O)NC5=O)C6=O)C4)cc3)cc2)cn1. The van der Waals surface area contributed by atoms with Crippen LogP contribution in [0.15, 0.2) is 79.1 Å². The Bertz CT molecular complexity index is 1950. The highest BCUT2D eigenvalue weighted by molar-refractivity contribution is 6.23. The molecule has 1 aliphatic carbocycles. The number of rotatable bonds is 10. The first-order valence-corrected chi connectivity index (χ1v) is 16.6. The summed E-state index contributed by atoms with van der Waals surface area (Å²) >= 11 is 0. The van der Waals surface area contributed by atoms with Crippen LogP contribution in [0.1, 0.15) is 90.1 Å². The number of anilines is 1. The number of carbonyl (C=O) groups excluding carboxylic acids is 4. The van der Waals surface area contributed by atoms with Crippen LogP contribution in [0, 0.1) is 0 Å². The van der Waals surface area contributed by atoms with Crippen LogP contribution in [0.3, 0.4) is 0 Å². The molecule has 0 radical (unpaired) electrons. The highest BCUT2D eigenvalue weighted by atomic mass is 16.5. The molecule has 0 spiro atoms. The average Bonchev–Trinajstić information content (AvgIpc) is 3.32. The van der Waals surface area contributed by atoms with Gasteiger partial charge in [0.05, 0.1) is 35.3 Å². The Hall–Kier alpha value is -5.62. The van der Waals surface area contributed by atoms with E-state index in [1.807, 2.05) is 36.4 Å². The van der Waals surface area contributed by atoms with Crippen LogP contribution >= 0.6 is 0 Å². The first-order valence-electron chi connectivity index (χ1n) is 16.6. The van der Waals surface area contributed by atoms with Gasteiger partial charge in [-0.1, -0.05) is 38.1 Å². The molecule has 4 aromatic rings. The number of aliphatic hydroxyl groups excluding tert-OH is 1. The molecule has 50 heavy (non-hydrogen) atoms. The summed E-state index contributed by atoms with van der Waals surface area (Å²) < 4.78 is 12.1. The van der Waals surface area contributed by atoms with E-state index in [-0.39, 0.29) is 41.5 Å². The van der Waals surface area contributed by atoms with Gasteiger partial charge in [0.1, 0.15) is 23.6 Å². The van der Waals surface area contributed by atoms with Gasteiger partial charge < -0.3 is 19.9 Å². The van der Waals surface area contributed by atoms with Crippen LogP contribution in [0.2, 0.25) is 0 Å². The van der Waals surface area contributed by atoms with Gasteiger partial charge in [0, 0.05) is 36.4 Å². The monoisotopic (exact) mass is 675 g/mol. The summed E-state index contributed by atoms with van der Waals surface area (Å²) in [5, 5.41) is 15.3. The van der Waals surface area contributed by atoms with Crippen molar-refractivity contribution in [1.82, 2.24) is 20.2 Å². The van der Waals surface area contributed by atoms with E-state index in [1.165, 1.54) is 12.4 Å². The van der Waals surface area contributed by atoms with Crippen LogP contribution < -0.4 is 20.1 Å². The Kier molecular flexibility index (Phi) is 8.56. The average molecular weight is 676 g/mol. The van der Waals surface area contributed by atoms with Gasteiger partial charge in [-0.05, 0) is 66.9 Å². The molecular formula is C38H37N5O7. The normalized spacial score (nSPS) is 20.9. The van der Waals surface area contributed by atoms with Crippen LogP contribution in [-0.4, -0.2) is 61.8 Å². The minimum atomic E-state index is -0.989. The van der Waals surface area contributed by atoms with Gasteiger partial charge in [0.25, 0.3) is 11.8 Å². The number of hydrogen-bond acceptors (Lipinski definition) is 10. The van der Waals surface area contributed by atoms with Crippen molar-refractivity contribution in [3.05, 3.63) is 107 Å². The first-order chi connectivity index (χ1) is 24.0. The van der Waals surface area contributed by atoms with Crippen molar-refractivity contribution in [3.63, 3.8) is 0 Å². The Morgan fingerprint density at radius 2 is 1.54 bits per heavy atom. The summed E-state index contributed by atoms with van der Waals surface area (Å²) in [6, 6.07) is 20.2. The fourth-order valence-corrected chi connectivity index (χ4v) is 6.54. The molecule has 3 heterocycles. The molecule has 3 N–H and O–H groups in total. The molecule has 2 atom stereocenters. The first kappa shape index (κ1) is 32.9. The number of aliphatic hydroxyl groups is 1. The van der Waals surface area contributed by atoms with E-state index >= 15 is 0 Å². The smallest absolute Gasteiger partial charge is 0.262 e. The Morgan fingerprint density at radius 1 is 0.880 bits per heavy atom. The van der Waals surface area contributed by atoms with E-state index in [0.717, 1.165) is 34.6 Å². The second kappa shape index (κ2) is 13.0. The van der Waals surface area contributed by atoms with Crippen LogP contribution in [0.5, 0.6) is 17.4 Å². The third-order valence-corrected chi connectivity index (χ3v) is 9.66. The molecule has 12 nitrogen and oxygen atoms in total. The number of hydrogen-bond donors (Lipinski definition) is 3. The maximum absolute atomic E-state index is 13.2. The lowest BCUT2D eigenvalue weighted by Gasteiger charge is -2.36. The molecule has 1 saturated heterocycles. The van der Waals surface area contributed by atoms with Crippen molar-refractivity contribution in [2.24, 2.45) is 0 Å². The summed E-state index contributed by atoms with van der Waals surface area (Å²) in [6.07, 6.45) is 4.07. The molecule has 1 aromatic heterocycles. The molecule has 2 unspecified atom stereocenters. The fraction of sp³-hybridized carbons (Fsp3) is 0.316. The minimum Gasteiger partial charge on any atom is -0.490 e. The van der Waals surface area contributed by atoms with Crippen molar-refractivity contribution < 1.29 is 33.8 Å². The molecule has 3 aliphatic rings. The zero-order valence-corrected chi connectivity index (χ0v) is 27.9. The lowest BCUT2D eigenvalue weighted by molar-refractivity contribution is -0.136. The molecule has 12 heteroatoms. The van der Waals surface area contributed by atoms with Crippen molar-refractivity contribution >= 4 is 29.3 Å². The number of piperidine rings is 1. The zero-order valence-electron chi connectivity index (χ0n) is 27.9. The second-order valence-corrected chi connectivity index (χ2v) is 13.5. The molecule has 256 valence electrons. The highest BCUT2D eigenvalue weighted by Gasteiger charge is 2.44. The summed E-state index contributed by atoms with van der Waals surface area (Å²) in [6.45, 7) is 5.96. The molecule has 3 aromatic carbocycles. The van der Waals surface area contributed by atoms with Gasteiger partial charge in [-0.3, -0.25) is 34.4 Å². The molecule has 7 rings (SSSR count). The second-order valence-electron chi connectivity index (χ2n) is 13.5. The third-order valence-electron chi connectivity index (χ3n) is 9.66. The van der Waals surface area contributed by atoms with E-state index in [2.05, 4.69) is 46.6 Å². The molecular weight excluding hydrogens is 638 g/mol. The summed E-state index contributed by atoms with van der Waals surface area (Å²) in [4.78, 5) is 59.4. The van der Waals surface area contributed by atoms with Gasteiger partial charge in [0.2, 0.25) is 17.7 Å². The van der Waals surface area contributed by atoms with E-state index in [4.69, 9.17) is 9.47 Å². The van der Waals surface area contributed by atoms with Gasteiger partial charge >= 0.3 is 0 Å². The fourth-order valence-electron chi connectivity index (χ4n) is 6.54. The van der Waals surface area contributed by atoms with E-state index in [9.17, 15) is 24.3 Å². The Morgan fingerprint density at radius 3 is 2.16 bits per heavy atom. The number of aromatic nitrogens is 2. The lowest BCUT2D eigenvalue weighted by atomic mass is 9.78. The van der Waals surface area contributed by atoms with Gasteiger partial charge in [-0.15, -0.1) is 0 Å². The Balaban J connectivity index is 0.910.